The van der Waals surface area contributed by atoms with Crippen molar-refractivity contribution in [2.75, 3.05) is 0 Å². The van der Waals surface area contributed by atoms with Gasteiger partial charge in [0, 0.05) is 17.0 Å². The van der Waals surface area contributed by atoms with Crippen LogP contribution in [0.15, 0.2) is 17.5 Å². The van der Waals surface area contributed by atoms with Crippen molar-refractivity contribution >= 4 is 11.3 Å². The zero-order chi connectivity index (χ0) is 13.0. The minimum absolute atomic E-state index is 0.581. The number of nitrogens with one attached hydrogen (secondary N) is 1. The highest BCUT2D eigenvalue weighted by Gasteiger charge is 2.26. The molecule has 0 spiro atoms. The van der Waals surface area contributed by atoms with Crippen LogP contribution in [0, 0.1) is 11.8 Å². The van der Waals surface area contributed by atoms with Gasteiger partial charge in [-0.05, 0) is 49.0 Å². The maximum Gasteiger partial charge on any atom is 0.0416 e. The van der Waals surface area contributed by atoms with Crippen molar-refractivity contribution in [3.05, 3.63) is 22.4 Å². The van der Waals surface area contributed by atoms with Gasteiger partial charge in [0.1, 0.15) is 0 Å². The van der Waals surface area contributed by atoms with E-state index >= 15 is 0 Å². The van der Waals surface area contributed by atoms with Crippen LogP contribution in [-0.4, -0.2) is 6.04 Å². The Morgan fingerprint density at radius 3 is 2.56 bits per heavy atom. The predicted octanol–water partition coefficient (Wildman–Crippen LogP) is 5.00. The fraction of sp³-hybridized carbons (Fsp3) is 0.750. The molecular weight excluding hydrogens is 238 g/mol. The number of thiophene rings is 1. The van der Waals surface area contributed by atoms with E-state index in [1.54, 1.807) is 0 Å². The minimum Gasteiger partial charge on any atom is -0.306 e. The van der Waals surface area contributed by atoms with Crippen LogP contribution in [0.1, 0.15) is 63.8 Å². The monoisotopic (exact) mass is 265 g/mol. The standard InChI is InChI=1S/C16H27NS/c1-4-6-15(16-7-5-8-18-16)17-14-10-12(2)9-13(3)11-14/h5,7-8,12-15,17H,4,6,9-11H2,1-3H3. The number of hydrogen-bond acceptors (Lipinski definition) is 2. The fourth-order valence-electron chi connectivity index (χ4n) is 3.45. The third-order valence-corrected chi connectivity index (χ3v) is 5.07. The minimum atomic E-state index is 0.581. The van der Waals surface area contributed by atoms with E-state index in [-0.39, 0.29) is 0 Å². The topological polar surface area (TPSA) is 12.0 Å². The van der Waals surface area contributed by atoms with E-state index in [9.17, 15) is 0 Å². The highest BCUT2D eigenvalue weighted by Crippen LogP contribution is 2.31. The van der Waals surface area contributed by atoms with Crippen LogP contribution in [0.5, 0.6) is 0 Å². The smallest absolute Gasteiger partial charge is 0.0416 e. The van der Waals surface area contributed by atoms with Crippen LogP contribution < -0.4 is 5.32 Å². The summed E-state index contributed by atoms with van der Waals surface area (Å²) in [5.74, 6) is 1.77. The molecule has 1 heterocycles. The van der Waals surface area contributed by atoms with E-state index in [0.29, 0.717) is 6.04 Å². The van der Waals surface area contributed by atoms with Crippen LogP contribution in [0.3, 0.4) is 0 Å². The molecule has 3 atom stereocenters. The van der Waals surface area contributed by atoms with Gasteiger partial charge in [-0.3, -0.25) is 0 Å². The van der Waals surface area contributed by atoms with E-state index in [1.807, 2.05) is 11.3 Å². The molecule has 0 saturated heterocycles. The normalized spacial score (nSPS) is 30.3. The van der Waals surface area contributed by atoms with Crippen LogP contribution in [-0.2, 0) is 0 Å². The van der Waals surface area contributed by atoms with Gasteiger partial charge in [-0.15, -0.1) is 11.3 Å². The van der Waals surface area contributed by atoms with E-state index in [1.165, 1.54) is 37.0 Å². The van der Waals surface area contributed by atoms with E-state index < -0.39 is 0 Å². The Labute approximate surface area is 116 Å². The fourth-order valence-corrected chi connectivity index (χ4v) is 4.28. The highest BCUT2D eigenvalue weighted by atomic mass is 32.1. The van der Waals surface area contributed by atoms with Gasteiger partial charge in [0.15, 0.2) is 0 Å². The first-order valence-corrected chi connectivity index (χ1v) is 8.36. The molecule has 2 heteroatoms. The summed E-state index contributed by atoms with van der Waals surface area (Å²) in [7, 11) is 0. The van der Waals surface area contributed by atoms with Crippen molar-refractivity contribution in [2.45, 2.75) is 65.0 Å². The third kappa shape index (κ3) is 3.83. The lowest BCUT2D eigenvalue weighted by Gasteiger charge is -2.34. The summed E-state index contributed by atoms with van der Waals surface area (Å²) in [5, 5.41) is 6.13. The van der Waals surface area contributed by atoms with E-state index in [4.69, 9.17) is 0 Å². The van der Waals surface area contributed by atoms with E-state index in [2.05, 4.69) is 43.6 Å². The van der Waals surface area contributed by atoms with Crippen molar-refractivity contribution in [1.29, 1.82) is 0 Å². The summed E-state index contributed by atoms with van der Waals surface area (Å²) in [6.07, 6.45) is 6.65. The first-order valence-electron chi connectivity index (χ1n) is 7.48. The van der Waals surface area contributed by atoms with Gasteiger partial charge in [0.05, 0.1) is 0 Å². The second-order valence-corrected chi connectivity index (χ2v) is 7.12. The predicted molar refractivity (Wildman–Crippen MR) is 81.1 cm³/mol. The summed E-state index contributed by atoms with van der Waals surface area (Å²) in [6, 6.07) is 5.77. The Bertz CT molecular complexity index is 323. The molecule has 1 aromatic heterocycles. The zero-order valence-electron chi connectivity index (χ0n) is 12.0. The molecule has 0 bridgehead atoms. The Hall–Kier alpha value is -0.340. The van der Waals surface area contributed by atoms with Gasteiger partial charge < -0.3 is 5.32 Å². The molecular formula is C16H27NS. The highest BCUT2D eigenvalue weighted by molar-refractivity contribution is 7.10. The Morgan fingerprint density at radius 1 is 1.28 bits per heavy atom. The number of hydrogen-bond donors (Lipinski definition) is 1. The maximum atomic E-state index is 3.93. The lowest BCUT2D eigenvalue weighted by atomic mass is 9.80. The first-order chi connectivity index (χ1) is 8.69. The molecule has 18 heavy (non-hydrogen) atoms. The van der Waals surface area contributed by atoms with Crippen LogP contribution in [0.25, 0.3) is 0 Å². The molecule has 1 aromatic rings. The van der Waals surface area contributed by atoms with Gasteiger partial charge in [-0.2, -0.15) is 0 Å². The maximum absolute atomic E-state index is 3.93. The van der Waals surface area contributed by atoms with Crippen molar-refractivity contribution < 1.29 is 0 Å². The molecule has 0 aromatic carbocycles. The molecule has 2 rings (SSSR count). The third-order valence-electron chi connectivity index (χ3n) is 4.08. The van der Waals surface area contributed by atoms with Gasteiger partial charge in [0.25, 0.3) is 0 Å². The SMILES string of the molecule is CCCC(NC1CC(C)CC(C)C1)c1cccs1. The lowest BCUT2D eigenvalue weighted by molar-refractivity contribution is 0.223. The second-order valence-electron chi connectivity index (χ2n) is 6.14. The summed E-state index contributed by atoms with van der Waals surface area (Å²) in [5.41, 5.74) is 0. The first kappa shape index (κ1) is 14.1. The molecule has 1 saturated carbocycles. The molecule has 1 nitrogen and oxygen atoms in total. The van der Waals surface area contributed by atoms with Gasteiger partial charge in [0.2, 0.25) is 0 Å². The van der Waals surface area contributed by atoms with Crippen molar-refractivity contribution in [1.82, 2.24) is 5.32 Å². The Balaban J connectivity index is 1.96. The molecule has 1 N–H and O–H groups in total. The zero-order valence-corrected chi connectivity index (χ0v) is 12.8. The summed E-state index contributed by atoms with van der Waals surface area (Å²) >= 11 is 1.90. The average Bonchev–Trinajstić information content (AvgIpc) is 2.80. The van der Waals surface area contributed by atoms with Crippen LogP contribution in [0.4, 0.5) is 0 Å². The van der Waals surface area contributed by atoms with Gasteiger partial charge in [-0.25, -0.2) is 0 Å². The van der Waals surface area contributed by atoms with Crippen molar-refractivity contribution in [3.8, 4) is 0 Å². The average molecular weight is 265 g/mol. The second kappa shape index (κ2) is 6.72. The Morgan fingerprint density at radius 2 is 2.00 bits per heavy atom. The molecule has 1 fully saturated rings. The largest absolute Gasteiger partial charge is 0.306 e. The molecule has 1 aliphatic rings. The lowest BCUT2D eigenvalue weighted by Crippen LogP contribution is -2.38. The van der Waals surface area contributed by atoms with Crippen molar-refractivity contribution in [2.24, 2.45) is 11.8 Å². The molecule has 0 radical (unpaired) electrons. The summed E-state index contributed by atoms with van der Waals surface area (Å²) in [4.78, 5) is 1.52. The molecule has 0 aliphatic heterocycles. The summed E-state index contributed by atoms with van der Waals surface area (Å²) in [6.45, 7) is 7.10. The Kier molecular flexibility index (Phi) is 5.25. The van der Waals surface area contributed by atoms with E-state index in [0.717, 1.165) is 17.9 Å². The number of rotatable bonds is 5. The van der Waals surface area contributed by atoms with Crippen LogP contribution >= 0.6 is 11.3 Å². The molecule has 1 aliphatic carbocycles. The van der Waals surface area contributed by atoms with Crippen LogP contribution in [0.2, 0.25) is 0 Å². The molecule has 102 valence electrons. The quantitative estimate of drug-likeness (QED) is 0.789. The molecule has 3 unspecified atom stereocenters. The summed E-state index contributed by atoms with van der Waals surface area (Å²) < 4.78 is 0. The van der Waals surface area contributed by atoms with Gasteiger partial charge in [-0.1, -0.05) is 33.3 Å². The molecule has 0 amide bonds. The van der Waals surface area contributed by atoms with Crippen molar-refractivity contribution in [3.63, 3.8) is 0 Å². The van der Waals surface area contributed by atoms with Gasteiger partial charge >= 0.3 is 0 Å².